The average Bonchev–Trinajstić information content (AvgIpc) is 2.69. The molecule has 3 fully saturated rings. The summed E-state index contributed by atoms with van der Waals surface area (Å²) in [6.45, 7) is 25.7. The highest BCUT2D eigenvalue weighted by molar-refractivity contribution is 4.79. The summed E-state index contributed by atoms with van der Waals surface area (Å²) in [4.78, 5) is 2.43. The summed E-state index contributed by atoms with van der Waals surface area (Å²) in [5.74, 6) is 2.82. The number of likely N-dealkylation sites (tertiary alicyclic amines) is 1. The summed E-state index contributed by atoms with van der Waals surface area (Å²) in [5, 5.41) is 0. The van der Waals surface area contributed by atoms with Crippen molar-refractivity contribution in [2.75, 3.05) is 33.4 Å². The fourth-order valence-corrected chi connectivity index (χ4v) is 5.41. The van der Waals surface area contributed by atoms with E-state index in [2.05, 4.69) is 74.3 Å². The number of piperidine rings is 1. The molecule has 2 aliphatic heterocycles. The van der Waals surface area contributed by atoms with E-state index in [0.717, 1.165) is 31.0 Å². The molecule has 1 aliphatic carbocycles. The van der Waals surface area contributed by atoms with Gasteiger partial charge < -0.3 is 9.64 Å². The van der Waals surface area contributed by atoms with Gasteiger partial charge in [-0.1, -0.05) is 89.0 Å². The molecule has 3 rings (SSSR count). The Bertz CT molecular complexity index is 417. The lowest BCUT2D eigenvalue weighted by atomic mass is 9.72. The third-order valence-corrected chi connectivity index (χ3v) is 8.22. The molecule has 0 radical (unpaired) electrons. The minimum Gasteiger partial charge on any atom is -0.381 e. The van der Waals surface area contributed by atoms with E-state index in [-0.39, 0.29) is 7.43 Å². The SMILES string of the molecule is C.CC(C)(C)C1CCCCC1.CC(C)(C)C1CCOCC1.CN1CCC(C(C)(C)C)CC1. The summed E-state index contributed by atoms with van der Waals surface area (Å²) >= 11 is 0. The molecule has 0 aromatic carbocycles. The van der Waals surface area contributed by atoms with Gasteiger partial charge in [0, 0.05) is 13.2 Å². The summed E-state index contributed by atoms with van der Waals surface area (Å²) in [5.41, 5.74) is 1.59. The normalized spacial score (nSPS) is 22.7. The van der Waals surface area contributed by atoms with Gasteiger partial charge in [0.25, 0.3) is 0 Å². The van der Waals surface area contributed by atoms with Crippen LogP contribution in [-0.2, 0) is 4.74 Å². The lowest BCUT2D eigenvalue weighted by Crippen LogP contribution is -2.35. The monoisotopic (exact) mass is 453 g/mol. The molecule has 194 valence electrons. The van der Waals surface area contributed by atoms with Crippen molar-refractivity contribution in [2.45, 2.75) is 128 Å². The summed E-state index contributed by atoms with van der Waals surface area (Å²) < 4.78 is 5.29. The Morgan fingerprint density at radius 2 is 0.875 bits per heavy atom. The predicted molar refractivity (Wildman–Crippen MR) is 145 cm³/mol. The van der Waals surface area contributed by atoms with Crippen molar-refractivity contribution in [3.8, 4) is 0 Å². The standard InChI is InChI=1S/C10H21N.C10H20.C9H18O.CH4/c1-10(2,3)9-5-7-11(4)8-6-9;1-10(2,3)9-7-5-4-6-8-9;1-9(2,3)8-4-6-10-7-5-8;/h9H,5-8H2,1-4H3;9H,4-8H2,1-3H3;8H,4-7H2,1-3H3;1H4. The zero-order valence-corrected chi connectivity index (χ0v) is 23.3. The van der Waals surface area contributed by atoms with E-state index in [4.69, 9.17) is 4.74 Å². The Labute approximate surface area is 204 Å². The Morgan fingerprint density at radius 1 is 0.531 bits per heavy atom. The molecule has 0 unspecified atom stereocenters. The quantitative estimate of drug-likeness (QED) is 0.362. The van der Waals surface area contributed by atoms with Gasteiger partial charge in [0.05, 0.1) is 0 Å². The second-order valence-electron chi connectivity index (χ2n) is 13.9. The third kappa shape index (κ3) is 13.0. The van der Waals surface area contributed by atoms with Gasteiger partial charge in [-0.3, -0.25) is 0 Å². The fraction of sp³-hybridized carbons (Fsp3) is 1.00. The first-order valence-corrected chi connectivity index (χ1v) is 13.5. The van der Waals surface area contributed by atoms with Crippen molar-refractivity contribution in [2.24, 2.45) is 34.0 Å². The Hall–Kier alpha value is -0.0800. The molecule has 32 heavy (non-hydrogen) atoms. The molecule has 0 spiro atoms. The van der Waals surface area contributed by atoms with E-state index in [0.29, 0.717) is 16.2 Å². The van der Waals surface area contributed by atoms with Crippen LogP contribution in [0.25, 0.3) is 0 Å². The van der Waals surface area contributed by atoms with Crippen LogP contribution in [-0.4, -0.2) is 38.3 Å². The van der Waals surface area contributed by atoms with E-state index < -0.39 is 0 Å². The lowest BCUT2D eigenvalue weighted by molar-refractivity contribution is 0.0286. The Balaban J connectivity index is 0.000000444. The van der Waals surface area contributed by atoms with Gasteiger partial charge in [-0.2, -0.15) is 0 Å². The van der Waals surface area contributed by atoms with E-state index in [1.807, 2.05) is 0 Å². The highest BCUT2D eigenvalue weighted by Gasteiger charge is 2.28. The summed E-state index contributed by atoms with van der Waals surface area (Å²) in [7, 11) is 2.22. The highest BCUT2D eigenvalue weighted by atomic mass is 16.5. The number of rotatable bonds is 0. The lowest BCUT2D eigenvalue weighted by Gasteiger charge is -2.37. The average molecular weight is 454 g/mol. The number of hydrogen-bond donors (Lipinski definition) is 0. The fourth-order valence-electron chi connectivity index (χ4n) is 5.41. The minimum atomic E-state index is 0. The maximum Gasteiger partial charge on any atom is 0.0468 e. The van der Waals surface area contributed by atoms with Crippen LogP contribution in [0.4, 0.5) is 0 Å². The van der Waals surface area contributed by atoms with Crippen molar-refractivity contribution >= 4 is 0 Å². The molecular weight excluding hydrogens is 390 g/mol. The topological polar surface area (TPSA) is 12.5 Å². The molecule has 0 N–H and O–H groups in total. The first-order valence-electron chi connectivity index (χ1n) is 13.5. The van der Waals surface area contributed by atoms with Gasteiger partial charge in [-0.05, 0) is 92.7 Å². The molecule has 0 aromatic rings. The van der Waals surface area contributed by atoms with Gasteiger partial charge in [0.1, 0.15) is 0 Å². The largest absolute Gasteiger partial charge is 0.381 e. The number of nitrogens with zero attached hydrogens (tertiary/aromatic N) is 1. The zero-order valence-electron chi connectivity index (χ0n) is 23.3. The zero-order chi connectivity index (χ0) is 23.7. The maximum absolute atomic E-state index is 5.29. The van der Waals surface area contributed by atoms with Gasteiger partial charge in [-0.15, -0.1) is 0 Å². The van der Waals surface area contributed by atoms with Crippen LogP contribution < -0.4 is 0 Å². The van der Waals surface area contributed by atoms with Crippen molar-refractivity contribution < 1.29 is 4.74 Å². The summed E-state index contributed by atoms with van der Waals surface area (Å²) in [6, 6.07) is 0. The second-order valence-corrected chi connectivity index (χ2v) is 13.9. The van der Waals surface area contributed by atoms with Crippen LogP contribution in [0.2, 0.25) is 0 Å². The highest BCUT2D eigenvalue weighted by Crippen LogP contribution is 2.37. The smallest absolute Gasteiger partial charge is 0.0468 e. The van der Waals surface area contributed by atoms with E-state index in [1.54, 1.807) is 0 Å². The van der Waals surface area contributed by atoms with E-state index in [9.17, 15) is 0 Å². The number of ether oxygens (including phenoxy) is 1. The molecule has 0 atom stereocenters. The van der Waals surface area contributed by atoms with Crippen molar-refractivity contribution in [1.29, 1.82) is 0 Å². The van der Waals surface area contributed by atoms with Gasteiger partial charge in [0.2, 0.25) is 0 Å². The second kappa shape index (κ2) is 14.3. The first-order chi connectivity index (χ1) is 14.2. The molecule has 2 saturated heterocycles. The molecule has 3 aliphatic rings. The third-order valence-electron chi connectivity index (χ3n) is 8.22. The van der Waals surface area contributed by atoms with Gasteiger partial charge in [0.15, 0.2) is 0 Å². The van der Waals surface area contributed by atoms with Crippen molar-refractivity contribution in [3.05, 3.63) is 0 Å². The van der Waals surface area contributed by atoms with Gasteiger partial charge in [-0.25, -0.2) is 0 Å². The van der Waals surface area contributed by atoms with Crippen LogP contribution in [0.15, 0.2) is 0 Å². The Morgan fingerprint density at radius 3 is 1.19 bits per heavy atom. The van der Waals surface area contributed by atoms with Crippen LogP contribution in [0.3, 0.4) is 0 Å². The molecule has 0 amide bonds. The van der Waals surface area contributed by atoms with Crippen LogP contribution in [0, 0.1) is 34.0 Å². The van der Waals surface area contributed by atoms with Crippen molar-refractivity contribution in [3.63, 3.8) is 0 Å². The first kappa shape index (κ1) is 31.9. The maximum atomic E-state index is 5.29. The molecule has 0 aromatic heterocycles. The molecule has 2 heterocycles. The molecule has 2 heteroatoms. The molecule has 2 nitrogen and oxygen atoms in total. The van der Waals surface area contributed by atoms with E-state index in [1.165, 1.54) is 70.9 Å². The molecular formula is C30H63NO. The van der Waals surface area contributed by atoms with Crippen LogP contribution >= 0.6 is 0 Å². The van der Waals surface area contributed by atoms with Crippen LogP contribution in [0.5, 0.6) is 0 Å². The summed E-state index contributed by atoms with van der Waals surface area (Å²) in [6.07, 6.45) is 12.7. The van der Waals surface area contributed by atoms with E-state index >= 15 is 0 Å². The van der Waals surface area contributed by atoms with Crippen LogP contribution in [0.1, 0.15) is 128 Å². The Kier molecular flexibility index (Phi) is 14.3. The van der Waals surface area contributed by atoms with Crippen molar-refractivity contribution in [1.82, 2.24) is 4.90 Å². The number of hydrogen-bond acceptors (Lipinski definition) is 2. The molecule has 0 bridgehead atoms. The van der Waals surface area contributed by atoms with Gasteiger partial charge >= 0.3 is 0 Å². The predicted octanol–water partition coefficient (Wildman–Crippen LogP) is 9.08. The molecule has 1 saturated carbocycles. The minimum absolute atomic E-state index is 0.